The fourth-order valence-electron chi connectivity index (χ4n) is 4.12. The molecule has 0 fully saturated rings. The standard InChI is InChI=1S/C23H22F3N3O3S/c1-2-29-9-8-16-18(11-29)33-22-19(16)21(30)27-20(28-22)17-7-6-15(32-17)12-31-14-5-3-4-13(10-14)23(24,25)26/h3-7,10,20,28H,2,8-9,11-12H2,1H3,(H,27,30)/t20-/m0/s1. The number of nitrogens with zero attached hydrogens (tertiary/aromatic N) is 1. The molecule has 0 unspecified atom stereocenters. The van der Waals surface area contributed by atoms with Crippen LogP contribution in [0.3, 0.4) is 0 Å². The second kappa shape index (κ2) is 8.42. The number of carbonyl (C=O) groups excluding carboxylic acids is 1. The molecule has 1 amide bonds. The number of rotatable bonds is 5. The summed E-state index contributed by atoms with van der Waals surface area (Å²) >= 11 is 1.60. The van der Waals surface area contributed by atoms with E-state index in [4.69, 9.17) is 9.15 Å². The lowest BCUT2D eigenvalue weighted by molar-refractivity contribution is -0.137. The van der Waals surface area contributed by atoms with Crippen molar-refractivity contribution in [2.24, 2.45) is 0 Å². The van der Waals surface area contributed by atoms with E-state index >= 15 is 0 Å². The van der Waals surface area contributed by atoms with Gasteiger partial charge in [-0.3, -0.25) is 9.69 Å². The first-order valence-electron chi connectivity index (χ1n) is 10.6. The van der Waals surface area contributed by atoms with Crippen molar-refractivity contribution in [3.05, 3.63) is 69.5 Å². The van der Waals surface area contributed by atoms with Crippen molar-refractivity contribution in [2.75, 3.05) is 18.4 Å². The second-order valence-electron chi connectivity index (χ2n) is 8.00. The molecule has 0 bridgehead atoms. The van der Waals surface area contributed by atoms with Crippen molar-refractivity contribution in [2.45, 2.75) is 38.8 Å². The van der Waals surface area contributed by atoms with Gasteiger partial charge in [0.15, 0.2) is 6.17 Å². The monoisotopic (exact) mass is 477 g/mol. The maximum absolute atomic E-state index is 12.9. The van der Waals surface area contributed by atoms with Gasteiger partial charge in [0.1, 0.15) is 28.9 Å². The Labute approximate surface area is 192 Å². The predicted molar refractivity (Wildman–Crippen MR) is 117 cm³/mol. The molecule has 10 heteroatoms. The zero-order valence-corrected chi connectivity index (χ0v) is 18.6. The first kappa shape index (κ1) is 21.8. The van der Waals surface area contributed by atoms with Crippen LogP contribution in [0.15, 0.2) is 40.8 Å². The number of hydrogen-bond acceptors (Lipinski definition) is 6. The minimum atomic E-state index is -4.43. The lowest BCUT2D eigenvalue weighted by Gasteiger charge is -2.27. The van der Waals surface area contributed by atoms with Crippen LogP contribution < -0.4 is 15.4 Å². The maximum Gasteiger partial charge on any atom is 0.416 e. The summed E-state index contributed by atoms with van der Waals surface area (Å²) in [5.74, 6) is 0.905. The fourth-order valence-corrected chi connectivity index (χ4v) is 5.44. The van der Waals surface area contributed by atoms with Crippen molar-refractivity contribution >= 4 is 22.2 Å². The van der Waals surface area contributed by atoms with Crippen molar-refractivity contribution in [1.82, 2.24) is 10.2 Å². The lowest BCUT2D eigenvalue weighted by atomic mass is 10.0. The average Bonchev–Trinajstić information content (AvgIpc) is 3.41. The third-order valence-corrected chi connectivity index (χ3v) is 7.02. The molecule has 0 spiro atoms. The van der Waals surface area contributed by atoms with Gasteiger partial charge in [0.05, 0.1) is 11.1 Å². The number of ether oxygens (including phenoxy) is 1. The van der Waals surface area contributed by atoms with Crippen LogP contribution in [0.1, 0.15) is 51.0 Å². The normalized spacial score (nSPS) is 18.3. The minimum Gasteiger partial charge on any atom is -0.486 e. The topological polar surface area (TPSA) is 66.7 Å². The summed E-state index contributed by atoms with van der Waals surface area (Å²) in [6.45, 7) is 4.86. The number of halogens is 3. The Bertz CT molecular complexity index is 1190. The summed E-state index contributed by atoms with van der Waals surface area (Å²) in [4.78, 5) is 16.4. The first-order chi connectivity index (χ1) is 15.8. The van der Waals surface area contributed by atoms with Gasteiger partial charge < -0.3 is 19.8 Å². The number of hydrogen-bond donors (Lipinski definition) is 2. The molecule has 2 aliphatic rings. The summed E-state index contributed by atoms with van der Waals surface area (Å²) in [7, 11) is 0. The van der Waals surface area contributed by atoms with Crippen LogP contribution in [-0.4, -0.2) is 23.9 Å². The van der Waals surface area contributed by atoms with E-state index in [1.54, 1.807) is 23.5 Å². The largest absolute Gasteiger partial charge is 0.486 e. The molecule has 33 heavy (non-hydrogen) atoms. The molecule has 0 radical (unpaired) electrons. The smallest absolute Gasteiger partial charge is 0.416 e. The van der Waals surface area contributed by atoms with E-state index < -0.39 is 17.9 Å². The van der Waals surface area contributed by atoms with Crippen molar-refractivity contribution < 1.29 is 27.1 Å². The number of nitrogens with one attached hydrogen (secondary N) is 2. The van der Waals surface area contributed by atoms with E-state index in [1.807, 2.05) is 0 Å². The molecule has 4 heterocycles. The van der Waals surface area contributed by atoms with Crippen LogP contribution in [-0.2, 0) is 25.7 Å². The van der Waals surface area contributed by atoms with Crippen molar-refractivity contribution in [1.29, 1.82) is 0 Å². The number of benzene rings is 1. The quantitative estimate of drug-likeness (QED) is 0.531. The Morgan fingerprint density at radius 1 is 1.24 bits per heavy atom. The van der Waals surface area contributed by atoms with Gasteiger partial charge in [0, 0.05) is 18.0 Å². The first-order valence-corrected chi connectivity index (χ1v) is 11.5. The third-order valence-electron chi connectivity index (χ3n) is 5.87. The van der Waals surface area contributed by atoms with Gasteiger partial charge in [-0.15, -0.1) is 11.3 Å². The summed E-state index contributed by atoms with van der Waals surface area (Å²) in [5, 5.41) is 7.14. The Kier molecular flexibility index (Phi) is 5.57. The second-order valence-corrected chi connectivity index (χ2v) is 9.10. The van der Waals surface area contributed by atoms with E-state index in [2.05, 4.69) is 22.5 Å². The Hall–Kier alpha value is -2.98. The van der Waals surface area contributed by atoms with Gasteiger partial charge in [0.25, 0.3) is 5.91 Å². The van der Waals surface area contributed by atoms with Crippen molar-refractivity contribution in [3.63, 3.8) is 0 Å². The molecular formula is C23H22F3N3O3S. The van der Waals surface area contributed by atoms with E-state index in [-0.39, 0.29) is 18.3 Å². The van der Waals surface area contributed by atoms with Gasteiger partial charge in [0.2, 0.25) is 0 Å². The van der Waals surface area contributed by atoms with Gasteiger partial charge in [-0.05, 0) is 48.9 Å². The fraction of sp³-hybridized carbons (Fsp3) is 0.348. The Morgan fingerprint density at radius 3 is 2.88 bits per heavy atom. The number of likely N-dealkylation sites (N-methyl/N-ethyl adjacent to an activating group) is 1. The third kappa shape index (κ3) is 4.32. The van der Waals surface area contributed by atoms with Crippen LogP contribution in [0.4, 0.5) is 18.2 Å². The predicted octanol–water partition coefficient (Wildman–Crippen LogP) is 5.17. The number of amides is 1. The minimum absolute atomic E-state index is 0.0343. The van der Waals surface area contributed by atoms with Gasteiger partial charge in [-0.25, -0.2) is 0 Å². The number of furan rings is 1. The van der Waals surface area contributed by atoms with Crippen LogP contribution in [0.5, 0.6) is 5.75 Å². The Morgan fingerprint density at radius 2 is 2.09 bits per heavy atom. The van der Waals surface area contributed by atoms with Gasteiger partial charge in [-0.2, -0.15) is 13.2 Å². The van der Waals surface area contributed by atoms with Crippen LogP contribution in [0.25, 0.3) is 0 Å². The number of anilines is 1. The SMILES string of the molecule is CCN1CCc2c(sc3c2C(=O)N[C@H](c2ccc(COc4cccc(C(F)(F)F)c4)o2)N3)C1. The lowest BCUT2D eigenvalue weighted by Crippen LogP contribution is -2.38. The molecule has 0 saturated carbocycles. The van der Waals surface area contributed by atoms with Crippen LogP contribution in [0, 0.1) is 0 Å². The molecule has 6 nitrogen and oxygen atoms in total. The summed E-state index contributed by atoms with van der Waals surface area (Å²) < 4.78 is 49.9. The van der Waals surface area contributed by atoms with Gasteiger partial charge in [-0.1, -0.05) is 13.0 Å². The zero-order chi connectivity index (χ0) is 23.2. The molecule has 0 saturated heterocycles. The molecular weight excluding hydrogens is 455 g/mol. The maximum atomic E-state index is 12.9. The molecule has 2 aliphatic heterocycles. The molecule has 3 aromatic rings. The van der Waals surface area contributed by atoms with Gasteiger partial charge >= 0.3 is 6.18 Å². The highest BCUT2D eigenvalue weighted by molar-refractivity contribution is 7.16. The highest BCUT2D eigenvalue weighted by Gasteiger charge is 2.34. The number of alkyl halides is 3. The summed E-state index contributed by atoms with van der Waals surface area (Å²) in [5.41, 5.74) is 1.07. The summed E-state index contributed by atoms with van der Waals surface area (Å²) in [6.07, 6.45) is -4.11. The molecule has 174 valence electrons. The zero-order valence-electron chi connectivity index (χ0n) is 17.8. The average molecular weight is 478 g/mol. The van der Waals surface area contributed by atoms with E-state index in [1.165, 1.54) is 17.0 Å². The van der Waals surface area contributed by atoms with Crippen molar-refractivity contribution in [3.8, 4) is 5.75 Å². The van der Waals surface area contributed by atoms with E-state index in [0.29, 0.717) is 11.5 Å². The molecule has 2 N–H and O–H groups in total. The molecule has 2 aromatic heterocycles. The van der Waals surface area contributed by atoms with E-state index in [0.717, 1.165) is 54.3 Å². The molecule has 1 atom stereocenters. The van der Waals surface area contributed by atoms with E-state index in [9.17, 15) is 18.0 Å². The molecule has 1 aromatic carbocycles. The number of thiophene rings is 1. The highest BCUT2D eigenvalue weighted by Crippen LogP contribution is 2.41. The number of carbonyl (C=O) groups is 1. The van der Waals surface area contributed by atoms with Crippen LogP contribution >= 0.6 is 11.3 Å². The van der Waals surface area contributed by atoms with Crippen LogP contribution in [0.2, 0.25) is 0 Å². The Balaban J connectivity index is 1.28. The highest BCUT2D eigenvalue weighted by atomic mass is 32.1. The number of fused-ring (bicyclic) bond motifs is 3. The molecule has 5 rings (SSSR count). The molecule has 0 aliphatic carbocycles. The summed E-state index contributed by atoms with van der Waals surface area (Å²) in [6, 6.07) is 8.11.